The van der Waals surface area contributed by atoms with Gasteiger partial charge in [0, 0.05) is 5.75 Å². The van der Waals surface area contributed by atoms with Gasteiger partial charge in [-0.2, -0.15) is 11.8 Å². The molecule has 0 radical (unpaired) electrons. The lowest BCUT2D eigenvalue weighted by Crippen LogP contribution is -2.32. The second-order valence-electron chi connectivity index (χ2n) is 3.86. The Morgan fingerprint density at radius 1 is 1.21 bits per heavy atom. The van der Waals surface area contributed by atoms with Crippen molar-refractivity contribution in [2.45, 2.75) is 13.3 Å². The summed E-state index contributed by atoms with van der Waals surface area (Å²) in [4.78, 5) is 40.2. The molecule has 19 heavy (non-hydrogen) atoms. The minimum atomic E-state index is -0.586. The van der Waals surface area contributed by atoms with Crippen LogP contribution in [0.4, 0.5) is 0 Å². The van der Waals surface area contributed by atoms with Gasteiger partial charge < -0.3 is 4.84 Å². The molecule has 0 saturated carbocycles. The van der Waals surface area contributed by atoms with Gasteiger partial charge in [0.25, 0.3) is 11.8 Å². The molecule has 2 rings (SSSR count). The zero-order valence-corrected chi connectivity index (χ0v) is 11.2. The predicted molar refractivity (Wildman–Crippen MR) is 70.7 cm³/mol. The van der Waals surface area contributed by atoms with Crippen LogP contribution in [-0.4, -0.2) is 34.4 Å². The van der Waals surface area contributed by atoms with Gasteiger partial charge >= 0.3 is 5.97 Å². The first-order chi connectivity index (χ1) is 9.15. The van der Waals surface area contributed by atoms with E-state index in [4.69, 9.17) is 4.84 Å². The van der Waals surface area contributed by atoms with Gasteiger partial charge in [-0.05, 0) is 17.9 Å². The Morgan fingerprint density at radius 2 is 1.79 bits per heavy atom. The summed E-state index contributed by atoms with van der Waals surface area (Å²) in [6, 6.07) is 6.40. The minimum Gasteiger partial charge on any atom is -0.330 e. The van der Waals surface area contributed by atoms with Crippen LogP contribution in [0.3, 0.4) is 0 Å². The van der Waals surface area contributed by atoms with Crippen molar-refractivity contribution in [3.8, 4) is 0 Å². The van der Waals surface area contributed by atoms with Gasteiger partial charge in [-0.25, -0.2) is 4.79 Å². The highest BCUT2D eigenvalue weighted by Crippen LogP contribution is 2.22. The van der Waals surface area contributed by atoms with E-state index in [1.54, 1.807) is 23.9 Å². The van der Waals surface area contributed by atoms with Crippen LogP contribution in [0.1, 0.15) is 34.1 Å². The molecule has 0 fully saturated rings. The van der Waals surface area contributed by atoms with E-state index in [9.17, 15) is 14.4 Å². The topological polar surface area (TPSA) is 63.7 Å². The molecule has 1 aromatic rings. The lowest BCUT2D eigenvalue weighted by Gasteiger charge is -2.12. The molecule has 1 aromatic carbocycles. The Morgan fingerprint density at radius 3 is 2.32 bits per heavy atom. The molecule has 0 saturated heterocycles. The smallest absolute Gasteiger partial charge is 0.330 e. The van der Waals surface area contributed by atoms with Crippen molar-refractivity contribution in [3.63, 3.8) is 0 Å². The summed E-state index contributed by atoms with van der Waals surface area (Å²) in [6.07, 6.45) is 0.173. The van der Waals surface area contributed by atoms with E-state index in [2.05, 4.69) is 0 Å². The summed E-state index contributed by atoms with van der Waals surface area (Å²) in [5.74, 6) is -0.233. The molecule has 0 spiro atoms. The van der Waals surface area contributed by atoms with Gasteiger partial charge in [-0.1, -0.05) is 24.1 Å². The van der Waals surface area contributed by atoms with Crippen LogP contribution in [0.15, 0.2) is 24.3 Å². The molecule has 2 amide bonds. The van der Waals surface area contributed by atoms with E-state index in [1.165, 1.54) is 12.1 Å². The normalized spacial score (nSPS) is 13.6. The van der Waals surface area contributed by atoms with Crippen LogP contribution < -0.4 is 0 Å². The van der Waals surface area contributed by atoms with Gasteiger partial charge in [0.1, 0.15) is 0 Å². The highest BCUT2D eigenvalue weighted by atomic mass is 32.2. The van der Waals surface area contributed by atoms with Gasteiger partial charge in [-0.15, -0.1) is 0 Å². The van der Waals surface area contributed by atoms with Crippen molar-refractivity contribution >= 4 is 29.5 Å². The number of hydroxylamine groups is 2. The number of benzene rings is 1. The SMILES string of the molecule is CCSCCC(=O)ON1C(=O)c2ccccc2C1=O. The van der Waals surface area contributed by atoms with E-state index in [0.29, 0.717) is 10.8 Å². The Balaban J connectivity index is 2.02. The molecule has 5 nitrogen and oxygen atoms in total. The lowest BCUT2D eigenvalue weighted by molar-refractivity contribution is -0.167. The molecule has 6 heteroatoms. The molecule has 0 aromatic heterocycles. The van der Waals surface area contributed by atoms with E-state index >= 15 is 0 Å². The zero-order chi connectivity index (χ0) is 13.8. The monoisotopic (exact) mass is 279 g/mol. The van der Waals surface area contributed by atoms with E-state index in [-0.39, 0.29) is 17.5 Å². The summed E-state index contributed by atoms with van der Waals surface area (Å²) >= 11 is 1.59. The van der Waals surface area contributed by atoms with Crippen molar-refractivity contribution in [1.82, 2.24) is 5.06 Å². The highest BCUT2D eigenvalue weighted by Gasteiger charge is 2.38. The van der Waals surface area contributed by atoms with Crippen molar-refractivity contribution in [2.24, 2.45) is 0 Å². The zero-order valence-electron chi connectivity index (χ0n) is 10.4. The molecule has 0 N–H and O–H groups in total. The molecule has 1 heterocycles. The number of nitrogens with zero attached hydrogens (tertiary/aromatic N) is 1. The number of carbonyl (C=O) groups is 3. The maximum absolute atomic E-state index is 11.9. The largest absolute Gasteiger partial charge is 0.334 e. The fraction of sp³-hybridized carbons (Fsp3) is 0.308. The fourth-order valence-corrected chi connectivity index (χ4v) is 2.30. The quantitative estimate of drug-likeness (QED) is 0.608. The van der Waals surface area contributed by atoms with Crippen LogP contribution >= 0.6 is 11.8 Å². The Kier molecular flexibility index (Phi) is 4.21. The van der Waals surface area contributed by atoms with Gasteiger partial charge in [-0.3, -0.25) is 9.59 Å². The first-order valence-corrected chi connectivity index (χ1v) is 7.07. The average Bonchev–Trinajstić information content (AvgIpc) is 2.65. The third-order valence-electron chi connectivity index (χ3n) is 2.60. The molecule has 0 atom stereocenters. The van der Waals surface area contributed by atoms with Gasteiger partial charge in [0.05, 0.1) is 17.5 Å². The molecule has 100 valence electrons. The van der Waals surface area contributed by atoms with E-state index in [0.717, 1.165) is 5.75 Å². The molecular weight excluding hydrogens is 266 g/mol. The Labute approximate surface area is 114 Å². The van der Waals surface area contributed by atoms with Crippen molar-refractivity contribution in [3.05, 3.63) is 35.4 Å². The molecule has 0 unspecified atom stereocenters. The van der Waals surface area contributed by atoms with Crippen molar-refractivity contribution < 1.29 is 19.2 Å². The fourth-order valence-electron chi connectivity index (χ4n) is 1.70. The average molecular weight is 279 g/mol. The Hall–Kier alpha value is -1.82. The summed E-state index contributed by atoms with van der Waals surface area (Å²) in [5, 5.41) is 0.545. The number of rotatable bonds is 5. The van der Waals surface area contributed by atoms with Crippen molar-refractivity contribution in [1.29, 1.82) is 0 Å². The second-order valence-corrected chi connectivity index (χ2v) is 5.25. The van der Waals surface area contributed by atoms with Crippen LogP contribution in [0.2, 0.25) is 0 Å². The second kappa shape index (κ2) is 5.88. The molecule has 1 aliphatic rings. The molecule has 0 aliphatic carbocycles. The van der Waals surface area contributed by atoms with Crippen LogP contribution in [0, 0.1) is 0 Å². The standard InChI is InChI=1S/C13H13NO4S/c1-2-19-8-7-11(15)18-14-12(16)9-5-3-4-6-10(9)13(14)17/h3-6H,2,7-8H2,1H3. The number of amides is 2. The third kappa shape index (κ3) is 2.78. The first kappa shape index (κ1) is 13.6. The van der Waals surface area contributed by atoms with Gasteiger partial charge in [0.15, 0.2) is 0 Å². The third-order valence-corrected chi connectivity index (χ3v) is 3.51. The summed E-state index contributed by atoms with van der Waals surface area (Å²) in [7, 11) is 0. The number of imide groups is 1. The van der Waals surface area contributed by atoms with E-state index < -0.39 is 17.8 Å². The summed E-state index contributed by atoms with van der Waals surface area (Å²) < 4.78 is 0. The summed E-state index contributed by atoms with van der Waals surface area (Å²) in [6.45, 7) is 1.99. The number of thioether (sulfide) groups is 1. The minimum absolute atomic E-state index is 0.173. The number of carbonyl (C=O) groups excluding carboxylic acids is 3. The number of hydrogen-bond donors (Lipinski definition) is 0. The lowest BCUT2D eigenvalue weighted by atomic mass is 10.1. The maximum atomic E-state index is 11.9. The summed E-state index contributed by atoms with van der Waals surface area (Å²) in [5.41, 5.74) is 0.534. The van der Waals surface area contributed by atoms with Crippen LogP contribution in [0.5, 0.6) is 0 Å². The number of fused-ring (bicyclic) bond motifs is 1. The molecule has 1 aliphatic heterocycles. The number of hydrogen-bond acceptors (Lipinski definition) is 5. The first-order valence-electron chi connectivity index (χ1n) is 5.91. The van der Waals surface area contributed by atoms with Crippen LogP contribution in [0.25, 0.3) is 0 Å². The van der Waals surface area contributed by atoms with E-state index in [1.807, 2.05) is 6.92 Å². The van der Waals surface area contributed by atoms with Crippen molar-refractivity contribution in [2.75, 3.05) is 11.5 Å². The maximum Gasteiger partial charge on any atom is 0.334 e. The highest BCUT2D eigenvalue weighted by molar-refractivity contribution is 7.99. The van der Waals surface area contributed by atoms with Crippen LogP contribution in [-0.2, 0) is 9.63 Å². The predicted octanol–water partition coefficient (Wildman–Crippen LogP) is 1.88. The van der Waals surface area contributed by atoms with Gasteiger partial charge in [0.2, 0.25) is 0 Å². The molecular formula is C13H13NO4S. The molecule has 0 bridgehead atoms. The Bertz CT molecular complexity index is 494.